The number of nitrogens with one attached hydrogen (secondary N) is 2. The number of nitrogens with zero attached hydrogens (tertiary/aromatic N) is 1. The number of hydrogen-bond acceptors (Lipinski definition) is 12. The highest BCUT2D eigenvalue weighted by Crippen LogP contribution is 2.56. The van der Waals surface area contributed by atoms with Crippen molar-refractivity contribution in [2.45, 2.75) is 31.3 Å². The van der Waals surface area contributed by atoms with Crippen molar-refractivity contribution in [3.63, 3.8) is 0 Å². The standard InChI is InChI=1S/C31H30ClN3O10S/c1-14-9-18(37)24(28(40)31(14)29(41)25-20(43-3)12-21(44-4)26(32)27(25)45-31)16(15-5-6-17(36)19(10-15)42-2)11-22(38)34-13-23(39)35-30-33-7-8-46-30/h5-8,10,12,14,16,36,40H,9,11,13H2,1-4H3,(H,34,38)(H,33,35,39). The molecule has 0 bridgehead atoms. The number of benzene rings is 2. The van der Waals surface area contributed by atoms with Gasteiger partial charge in [0.1, 0.15) is 22.1 Å². The molecule has 3 unspecified atom stereocenters. The molecule has 242 valence electrons. The molecule has 3 atom stereocenters. The van der Waals surface area contributed by atoms with Crippen molar-refractivity contribution in [3.8, 4) is 28.7 Å². The van der Waals surface area contributed by atoms with Crippen molar-refractivity contribution in [3.05, 3.63) is 63.3 Å². The highest BCUT2D eigenvalue weighted by Gasteiger charge is 2.61. The van der Waals surface area contributed by atoms with Crippen LogP contribution in [-0.4, -0.2) is 72.1 Å². The van der Waals surface area contributed by atoms with E-state index in [0.717, 1.165) is 0 Å². The lowest BCUT2D eigenvalue weighted by molar-refractivity contribution is -0.124. The first-order chi connectivity index (χ1) is 22.0. The van der Waals surface area contributed by atoms with Crippen LogP contribution in [0.3, 0.4) is 0 Å². The molecule has 0 saturated heterocycles. The summed E-state index contributed by atoms with van der Waals surface area (Å²) in [6, 6.07) is 5.60. The van der Waals surface area contributed by atoms with Gasteiger partial charge >= 0.3 is 0 Å². The summed E-state index contributed by atoms with van der Waals surface area (Å²) in [6.07, 6.45) is 0.842. The maximum atomic E-state index is 14.2. The summed E-state index contributed by atoms with van der Waals surface area (Å²) in [7, 11) is 4.05. The van der Waals surface area contributed by atoms with Crippen LogP contribution in [0.4, 0.5) is 5.13 Å². The van der Waals surface area contributed by atoms with E-state index in [0.29, 0.717) is 10.7 Å². The summed E-state index contributed by atoms with van der Waals surface area (Å²) in [5.74, 6) is -5.12. The van der Waals surface area contributed by atoms with Gasteiger partial charge in [0.2, 0.25) is 23.2 Å². The van der Waals surface area contributed by atoms with Crippen molar-refractivity contribution in [1.29, 1.82) is 0 Å². The summed E-state index contributed by atoms with van der Waals surface area (Å²) < 4.78 is 22.2. The molecular weight excluding hydrogens is 642 g/mol. The number of phenolic OH excluding ortho intramolecular Hbond substituents is 1. The number of allylic oxidation sites excluding steroid dienone is 1. The lowest BCUT2D eigenvalue weighted by Crippen LogP contribution is -2.53. The quantitative estimate of drug-likeness (QED) is 0.242. The molecule has 2 aliphatic rings. The highest BCUT2D eigenvalue weighted by molar-refractivity contribution is 7.13. The minimum absolute atomic E-state index is 0.0304. The lowest BCUT2D eigenvalue weighted by Gasteiger charge is -2.38. The van der Waals surface area contributed by atoms with Crippen LogP contribution in [0.1, 0.15) is 41.6 Å². The van der Waals surface area contributed by atoms with Crippen LogP contribution in [0, 0.1) is 5.92 Å². The molecule has 13 nitrogen and oxygen atoms in total. The molecule has 0 radical (unpaired) electrons. The van der Waals surface area contributed by atoms with Crippen molar-refractivity contribution < 1.29 is 48.3 Å². The van der Waals surface area contributed by atoms with Crippen molar-refractivity contribution in [1.82, 2.24) is 10.3 Å². The molecule has 15 heteroatoms. The molecule has 2 heterocycles. The molecule has 0 fully saturated rings. The predicted octanol–water partition coefficient (Wildman–Crippen LogP) is 4.19. The van der Waals surface area contributed by atoms with Gasteiger partial charge in [0.25, 0.3) is 0 Å². The summed E-state index contributed by atoms with van der Waals surface area (Å²) in [4.78, 5) is 57.6. The van der Waals surface area contributed by atoms with Gasteiger partial charge < -0.3 is 39.8 Å². The van der Waals surface area contributed by atoms with Gasteiger partial charge in [-0.15, -0.1) is 11.3 Å². The van der Waals surface area contributed by atoms with Crippen LogP contribution in [0.15, 0.2) is 47.2 Å². The maximum absolute atomic E-state index is 14.2. The molecule has 1 spiro atoms. The van der Waals surface area contributed by atoms with Gasteiger partial charge in [-0.05, 0) is 17.7 Å². The predicted molar refractivity (Wildman–Crippen MR) is 166 cm³/mol. The number of aliphatic hydroxyl groups is 1. The molecule has 2 aromatic carbocycles. The second-order valence-corrected chi connectivity index (χ2v) is 11.9. The van der Waals surface area contributed by atoms with Gasteiger partial charge in [-0.25, -0.2) is 4.98 Å². The van der Waals surface area contributed by atoms with E-state index >= 15 is 0 Å². The minimum atomic E-state index is -2.09. The summed E-state index contributed by atoms with van der Waals surface area (Å²) in [6.45, 7) is 1.18. The number of thiazole rings is 1. The number of fused-ring (bicyclic) bond motifs is 1. The van der Waals surface area contributed by atoms with Gasteiger partial charge in [0.15, 0.2) is 33.9 Å². The average molecular weight is 672 g/mol. The first-order valence-electron chi connectivity index (χ1n) is 13.9. The zero-order valence-corrected chi connectivity index (χ0v) is 26.7. The Balaban J connectivity index is 1.57. The Morgan fingerprint density at radius 1 is 1.11 bits per heavy atom. The Hall–Kier alpha value is -4.82. The monoisotopic (exact) mass is 671 g/mol. The van der Waals surface area contributed by atoms with Crippen LogP contribution < -0.4 is 29.6 Å². The van der Waals surface area contributed by atoms with Crippen LogP contribution in [0.5, 0.6) is 28.7 Å². The largest absolute Gasteiger partial charge is 0.507 e. The third kappa shape index (κ3) is 5.58. The topological polar surface area (TPSA) is 183 Å². The average Bonchev–Trinajstić information content (AvgIpc) is 3.66. The molecule has 46 heavy (non-hydrogen) atoms. The second-order valence-electron chi connectivity index (χ2n) is 10.6. The number of carbonyl (C=O) groups is 4. The van der Waals surface area contributed by atoms with E-state index in [-0.39, 0.29) is 51.3 Å². The lowest BCUT2D eigenvalue weighted by atomic mass is 9.69. The van der Waals surface area contributed by atoms with Crippen LogP contribution >= 0.6 is 22.9 Å². The van der Waals surface area contributed by atoms with E-state index in [4.69, 9.17) is 30.5 Å². The first kappa shape index (κ1) is 32.6. The first-order valence-corrected chi connectivity index (χ1v) is 15.2. The van der Waals surface area contributed by atoms with E-state index in [1.54, 1.807) is 12.3 Å². The van der Waals surface area contributed by atoms with E-state index < -0.39 is 59.5 Å². The van der Waals surface area contributed by atoms with E-state index in [1.807, 2.05) is 0 Å². The van der Waals surface area contributed by atoms with Crippen LogP contribution in [0.25, 0.3) is 0 Å². The number of aromatic nitrogens is 1. The van der Waals surface area contributed by atoms with E-state index in [1.165, 1.54) is 63.1 Å². The Kier molecular flexibility index (Phi) is 9.13. The second kappa shape index (κ2) is 12.9. The molecule has 3 aromatic rings. The number of phenols is 1. The Labute approximate surface area is 272 Å². The number of halogens is 1. The summed E-state index contributed by atoms with van der Waals surface area (Å²) in [5, 5.41) is 29.3. The fourth-order valence-corrected chi connectivity index (χ4v) is 6.53. The van der Waals surface area contributed by atoms with E-state index in [9.17, 15) is 29.4 Å². The molecular formula is C31H30ClN3O10S. The van der Waals surface area contributed by atoms with E-state index in [2.05, 4.69) is 15.6 Å². The molecule has 1 aliphatic heterocycles. The maximum Gasteiger partial charge on any atom is 0.245 e. The zero-order chi connectivity index (χ0) is 33.3. The number of ether oxygens (including phenoxy) is 4. The number of amides is 2. The van der Waals surface area contributed by atoms with Crippen LogP contribution in [-0.2, 0) is 14.4 Å². The van der Waals surface area contributed by atoms with Gasteiger partial charge in [0, 0.05) is 47.9 Å². The molecule has 2 amide bonds. The molecule has 1 aromatic heterocycles. The van der Waals surface area contributed by atoms with Gasteiger partial charge in [-0.3, -0.25) is 19.2 Å². The number of methoxy groups -OCH3 is 3. The number of rotatable bonds is 10. The van der Waals surface area contributed by atoms with Gasteiger partial charge in [-0.1, -0.05) is 24.6 Å². The SMILES string of the molecule is COc1cc(C(CC(=O)NCC(=O)Nc2nccs2)C2=C(O)C3(Oc4c(Cl)c(OC)cc(OC)c4C3=O)C(C)CC2=O)ccc1O. The number of anilines is 1. The molecule has 4 N–H and O–H groups in total. The highest BCUT2D eigenvalue weighted by atomic mass is 35.5. The third-order valence-electron chi connectivity index (χ3n) is 7.98. The van der Waals surface area contributed by atoms with Crippen LogP contribution in [0.2, 0.25) is 5.02 Å². The number of ketones is 2. The normalized spacial score (nSPS) is 19.4. The van der Waals surface area contributed by atoms with Crippen molar-refractivity contribution in [2.24, 2.45) is 5.92 Å². The molecule has 5 rings (SSSR count). The molecule has 0 saturated carbocycles. The summed E-state index contributed by atoms with van der Waals surface area (Å²) >= 11 is 7.75. The Morgan fingerprint density at radius 3 is 2.48 bits per heavy atom. The number of hydrogen-bond donors (Lipinski definition) is 4. The minimum Gasteiger partial charge on any atom is -0.507 e. The fraction of sp³-hybridized carbons (Fsp3) is 0.323. The Bertz CT molecular complexity index is 1760. The Morgan fingerprint density at radius 2 is 1.83 bits per heavy atom. The number of aromatic hydroxyl groups is 1. The number of aliphatic hydroxyl groups excluding tert-OH is 1. The summed E-state index contributed by atoms with van der Waals surface area (Å²) in [5.41, 5.74) is -2.07. The molecule has 1 aliphatic carbocycles. The fourth-order valence-electron chi connectivity index (χ4n) is 5.72. The van der Waals surface area contributed by atoms with Gasteiger partial charge in [0.05, 0.1) is 27.9 Å². The smallest absolute Gasteiger partial charge is 0.245 e. The van der Waals surface area contributed by atoms with Gasteiger partial charge in [-0.2, -0.15) is 0 Å². The van der Waals surface area contributed by atoms with Crippen molar-refractivity contribution in [2.75, 3.05) is 33.2 Å². The van der Waals surface area contributed by atoms with Crippen molar-refractivity contribution >= 4 is 51.5 Å². The number of Topliss-reactive ketones (excluding diaryl/α,β-unsaturated/α-hetero) is 2. The zero-order valence-electron chi connectivity index (χ0n) is 25.1. The number of carbonyl (C=O) groups excluding carboxylic acids is 4. The third-order valence-corrected chi connectivity index (χ3v) is 9.03.